The molecule has 114 valence electrons. The van der Waals surface area contributed by atoms with Gasteiger partial charge in [0.05, 0.1) is 0 Å². The van der Waals surface area contributed by atoms with Crippen LogP contribution in [0.15, 0.2) is 42.6 Å². The first-order chi connectivity index (χ1) is 11.2. The molecule has 1 aliphatic rings. The number of aromatic amines is 1. The van der Waals surface area contributed by atoms with Crippen LogP contribution in [0, 0.1) is 17.4 Å². The average Bonchev–Trinajstić information content (AvgIpc) is 3.17. The van der Waals surface area contributed by atoms with Crippen molar-refractivity contribution in [1.82, 2.24) is 19.9 Å². The van der Waals surface area contributed by atoms with Crippen molar-refractivity contribution < 1.29 is 0 Å². The predicted molar refractivity (Wildman–Crippen MR) is 88.4 cm³/mol. The minimum atomic E-state index is 0.254. The molecule has 1 aliphatic heterocycles. The topological polar surface area (TPSA) is 68.6 Å². The van der Waals surface area contributed by atoms with Crippen molar-refractivity contribution >= 4 is 11.2 Å². The van der Waals surface area contributed by atoms with Crippen LogP contribution < -0.4 is 0 Å². The molecule has 1 saturated heterocycles. The van der Waals surface area contributed by atoms with E-state index in [1.165, 1.54) is 0 Å². The van der Waals surface area contributed by atoms with E-state index in [1.54, 1.807) is 4.90 Å². The summed E-state index contributed by atoms with van der Waals surface area (Å²) >= 11 is 0. The van der Waals surface area contributed by atoms with Gasteiger partial charge in [-0.1, -0.05) is 37.3 Å². The molecule has 3 aromatic rings. The molecule has 0 aliphatic carbocycles. The number of nitrogens with one attached hydrogen (secondary N) is 1. The summed E-state index contributed by atoms with van der Waals surface area (Å²) < 4.78 is 0. The first-order valence-corrected chi connectivity index (χ1v) is 7.80. The molecule has 0 saturated carbocycles. The summed E-state index contributed by atoms with van der Waals surface area (Å²) in [4.78, 5) is 14.4. The first-order valence-electron chi connectivity index (χ1n) is 7.80. The van der Waals surface area contributed by atoms with E-state index in [4.69, 9.17) is 10.2 Å². The summed E-state index contributed by atoms with van der Waals surface area (Å²) in [5.41, 5.74) is 3.89. The van der Waals surface area contributed by atoms with Crippen LogP contribution in [0.5, 0.6) is 0 Å². The molecule has 3 heterocycles. The normalized spacial score (nSPS) is 20.8. The smallest absolute Gasteiger partial charge is 0.179 e. The number of benzene rings is 1. The first kappa shape index (κ1) is 13.8. The second-order valence-corrected chi connectivity index (χ2v) is 6.17. The Labute approximate surface area is 134 Å². The summed E-state index contributed by atoms with van der Waals surface area (Å²) in [6, 6.07) is 12.3. The van der Waals surface area contributed by atoms with E-state index in [1.807, 2.05) is 24.4 Å². The number of nitriles is 1. The molecule has 0 unspecified atom stereocenters. The quantitative estimate of drug-likeness (QED) is 0.738. The minimum absolute atomic E-state index is 0.254. The van der Waals surface area contributed by atoms with E-state index in [0.717, 1.165) is 41.2 Å². The SMILES string of the molecule is C[C@@H]1CN(C#N)C[C@H]1c1nc2cc(-c3ccccc3)cnc2[nH]1. The van der Waals surface area contributed by atoms with E-state index in [0.29, 0.717) is 5.92 Å². The van der Waals surface area contributed by atoms with Crippen LogP contribution in [-0.2, 0) is 0 Å². The Morgan fingerprint density at radius 3 is 2.78 bits per heavy atom. The number of fused-ring (bicyclic) bond motifs is 1. The standard InChI is InChI=1S/C18H17N5/c1-12-9-23(11-19)10-15(12)17-21-16-7-14(8-20-18(16)22-17)13-5-3-2-4-6-13/h2-8,12,15H,9-10H2,1H3,(H,20,21,22)/t12-,15-/m1/s1. The number of likely N-dealkylation sites (tertiary alicyclic amines) is 1. The second-order valence-electron chi connectivity index (χ2n) is 6.17. The third kappa shape index (κ3) is 2.42. The van der Waals surface area contributed by atoms with Crippen LogP contribution in [0.25, 0.3) is 22.3 Å². The van der Waals surface area contributed by atoms with Gasteiger partial charge in [-0.15, -0.1) is 0 Å². The zero-order chi connectivity index (χ0) is 15.8. The Kier molecular flexibility index (Phi) is 3.23. The Morgan fingerprint density at radius 2 is 2.04 bits per heavy atom. The van der Waals surface area contributed by atoms with Gasteiger partial charge in [0.2, 0.25) is 0 Å². The Bertz CT molecular complexity index is 877. The lowest BCUT2D eigenvalue weighted by Crippen LogP contribution is -2.13. The number of hydrogen-bond donors (Lipinski definition) is 1. The number of hydrogen-bond acceptors (Lipinski definition) is 4. The van der Waals surface area contributed by atoms with Gasteiger partial charge in [0, 0.05) is 30.8 Å². The fraction of sp³-hybridized carbons (Fsp3) is 0.278. The Hall–Kier alpha value is -2.87. The highest BCUT2D eigenvalue weighted by Crippen LogP contribution is 2.31. The van der Waals surface area contributed by atoms with Crippen molar-refractivity contribution in [1.29, 1.82) is 5.26 Å². The van der Waals surface area contributed by atoms with Gasteiger partial charge < -0.3 is 9.88 Å². The maximum Gasteiger partial charge on any atom is 0.179 e. The van der Waals surface area contributed by atoms with E-state index >= 15 is 0 Å². The van der Waals surface area contributed by atoms with E-state index in [9.17, 15) is 0 Å². The molecule has 0 bridgehead atoms. The number of nitrogens with zero attached hydrogens (tertiary/aromatic N) is 4. The van der Waals surface area contributed by atoms with Gasteiger partial charge in [0.25, 0.3) is 0 Å². The van der Waals surface area contributed by atoms with Crippen molar-refractivity contribution in [3.8, 4) is 17.3 Å². The van der Waals surface area contributed by atoms with Crippen LogP contribution in [0.1, 0.15) is 18.7 Å². The lowest BCUT2D eigenvalue weighted by molar-refractivity contribution is 0.465. The van der Waals surface area contributed by atoms with Crippen molar-refractivity contribution in [2.75, 3.05) is 13.1 Å². The lowest BCUT2D eigenvalue weighted by Gasteiger charge is -2.09. The van der Waals surface area contributed by atoms with Crippen LogP contribution in [0.2, 0.25) is 0 Å². The molecule has 1 N–H and O–H groups in total. The lowest BCUT2D eigenvalue weighted by atomic mass is 9.98. The molecule has 23 heavy (non-hydrogen) atoms. The van der Waals surface area contributed by atoms with E-state index < -0.39 is 0 Å². The molecule has 2 atom stereocenters. The highest BCUT2D eigenvalue weighted by Gasteiger charge is 2.32. The number of pyridine rings is 1. The largest absolute Gasteiger partial charge is 0.326 e. The predicted octanol–water partition coefficient (Wildman–Crippen LogP) is 3.14. The van der Waals surface area contributed by atoms with Crippen LogP contribution in [0.3, 0.4) is 0 Å². The molecule has 1 fully saturated rings. The summed E-state index contributed by atoms with van der Waals surface area (Å²) in [7, 11) is 0. The zero-order valence-electron chi connectivity index (χ0n) is 12.9. The van der Waals surface area contributed by atoms with Gasteiger partial charge in [0.1, 0.15) is 11.3 Å². The molecule has 4 rings (SSSR count). The number of aromatic nitrogens is 3. The molecule has 1 aromatic carbocycles. The molecule has 0 radical (unpaired) electrons. The highest BCUT2D eigenvalue weighted by molar-refractivity contribution is 5.78. The van der Waals surface area contributed by atoms with Crippen molar-refractivity contribution in [3.05, 3.63) is 48.4 Å². The maximum atomic E-state index is 9.08. The molecule has 0 amide bonds. The Morgan fingerprint density at radius 1 is 1.22 bits per heavy atom. The molecular weight excluding hydrogens is 286 g/mol. The van der Waals surface area contributed by atoms with Crippen molar-refractivity contribution in [3.63, 3.8) is 0 Å². The van der Waals surface area contributed by atoms with Gasteiger partial charge >= 0.3 is 0 Å². The minimum Gasteiger partial charge on any atom is -0.326 e. The fourth-order valence-corrected chi connectivity index (χ4v) is 3.28. The summed E-state index contributed by atoms with van der Waals surface area (Å²) in [6.07, 6.45) is 4.11. The van der Waals surface area contributed by atoms with Gasteiger partial charge in [0.15, 0.2) is 11.8 Å². The Balaban J connectivity index is 1.70. The molecule has 5 heteroatoms. The van der Waals surface area contributed by atoms with Gasteiger partial charge in [-0.2, -0.15) is 5.26 Å². The van der Waals surface area contributed by atoms with Crippen molar-refractivity contribution in [2.45, 2.75) is 12.8 Å². The van der Waals surface area contributed by atoms with Crippen LogP contribution in [-0.4, -0.2) is 32.9 Å². The monoisotopic (exact) mass is 303 g/mol. The van der Waals surface area contributed by atoms with E-state index in [-0.39, 0.29) is 5.92 Å². The highest BCUT2D eigenvalue weighted by atomic mass is 15.2. The summed E-state index contributed by atoms with van der Waals surface area (Å²) in [5.74, 6) is 1.59. The third-order valence-corrected chi connectivity index (χ3v) is 4.57. The number of rotatable bonds is 2. The summed E-state index contributed by atoms with van der Waals surface area (Å²) in [6.45, 7) is 3.68. The maximum absolute atomic E-state index is 9.08. The molecule has 0 spiro atoms. The van der Waals surface area contributed by atoms with Gasteiger partial charge in [-0.05, 0) is 17.5 Å². The van der Waals surface area contributed by atoms with Gasteiger partial charge in [-0.25, -0.2) is 9.97 Å². The number of H-pyrrole nitrogens is 1. The number of imidazole rings is 1. The molecular formula is C18H17N5. The fourth-order valence-electron chi connectivity index (χ4n) is 3.28. The molecule has 5 nitrogen and oxygen atoms in total. The van der Waals surface area contributed by atoms with Crippen LogP contribution >= 0.6 is 0 Å². The molecule has 2 aromatic heterocycles. The van der Waals surface area contributed by atoms with Gasteiger partial charge in [-0.3, -0.25) is 0 Å². The van der Waals surface area contributed by atoms with Crippen LogP contribution in [0.4, 0.5) is 0 Å². The van der Waals surface area contributed by atoms with E-state index in [2.05, 4.69) is 41.3 Å². The third-order valence-electron chi connectivity index (χ3n) is 4.57. The average molecular weight is 303 g/mol. The zero-order valence-corrected chi connectivity index (χ0v) is 12.9. The summed E-state index contributed by atoms with van der Waals surface area (Å²) in [5, 5.41) is 9.08. The van der Waals surface area contributed by atoms with Crippen molar-refractivity contribution in [2.24, 2.45) is 5.92 Å². The second kappa shape index (κ2) is 5.40.